The van der Waals surface area contributed by atoms with Crippen molar-refractivity contribution in [3.05, 3.63) is 0 Å². The molecule has 0 amide bonds. The van der Waals surface area contributed by atoms with E-state index in [-0.39, 0.29) is 6.17 Å². The Hall–Kier alpha value is 0.270. The van der Waals surface area contributed by atoms with Gasteiger partial charge >= 0.3 is 0 Å². The van der Waals surface area contributed by atoms with E-state index in [0.717, 1.165) is 12.5 Å². The molecule has 1 aliphatic carbocycles. The van der Waals surface area contributed by atoms with E-state index < -0.39 is 0 Å². The maximum Gasteiger partial charge on any atom is 0.0578 e. The molecule has 0 bridgehead atoms. The Morgan fingerprint density at radius 2 is 1.86 bits per heavy atom. The number of piperidine rings is 1. The van der Waals surface area contributed by atoms with Gasteiger partial charge in [0.1, 0.15) is 0 Å². The summed E-state index contributed by atoms with van der Waals surface area (Å²) in [6.07, 6.45) is 8.46. The molecule has 3 unspecified atom stereocenters. The highest BCUT2D eigenvalue weighted by atomic mass is 32.1. The van der Waals surface area contributed by atoms with E-state index >= 15 is 0 Å². The molecule has 2 rings (SSSR count). The molecule has 0 spiro atoms. The third-order valence-corrected chi connectivity index (χ3v) is 4.24. The molecule has 0 aromatic heterocycles. The maximum absolute atomic E-state index is 6.13. The SMILES string of the molecule is NC1NCC(S)CC1C1CCCCC1. The molecule has 0 aromatic rings. The van der Waals surface area contributed by atoms with E-state index in [0.29, 0.717) is 11.2 Å². The minimum atomic E-state index is 0.224. The first-order valence-electron chi connectivity index (χ1n) is 5.94. The van der Waals surface area contributed by atoms with Crippen molar-refractivity contribution >= 4 is 12.6 Å². The summed E-state index contributed by atoms with van der Waals surface area (Å²) < 4.78 is 0. The Kier molecular flexibility index (Phi) is 3.74. The van der Waals surface area contributed by atoms with Crippen LogP contribution in [0.3, 0.4) is 0 Å². The van der Waals surface area contributed by atoms with Gasteiger partial charge in [-0.05, 0) is 18.3 Å². The van der Waals surface area contributed by atoms with Crippen LogP contribution in [0.4, 0.5) is 0 Å². The first-order valence-corrected chi connectivity index (χ1v) is 6.46. The summed E-state index contributed by atoms with van der Waals surface area (Å²) in [5, 5.41) is 3.90. The molecule has 0 aromatic carbocycles. The van der Waals surface area contributed by atoms with Crippen molar-refractivity contribution < 1.29 is 0 Å². The van der Waals surface area contributed by atoms with Gasteiger partial charge in [0.25, 0.3) is 0 Å². The van der Waals surface area contributed by atoms with Gasteiger partial charge in [0.05, 0.1) is 6.17 Å². The smallest absolute Gasteiger partial charge is 0.0578 e. The first-order chi connectivity index (χ1) is 6.77. The van der Waals surface area contributed by atoms with Crippen molar-refractivity contribution in [2.75, 3.05) is 6.54 Å². The molecule has 2 nitrogen and oxygen atoms in total. The van der Waals surface area contributed by atoms with Crippen LogP contribution in [0.1, 0.15) is 38.5 Å². The van der Waals surface area contributed by atoms with Crippen LogP contribution in [0.5, 0.6) is 0 Å². The van der Waals surface area contributed by atoms with E-state index in [9.17, 15) is 0 Å². The predicted molar refractivity (Wildman–Crippen MR) is 63.4 cm³/mol. The van der Waals surface area contributed by atoms with Gasteiger partial charge in [-0.15, -0.1) is 0 Å². The molecule has 3 N–H and O–H groups in total. The van der Waals surface area contributed by atoms with E-state index in [1.807, 2.05) is 0 Å². The number of hydrogen-bond acceptors (Lipinski definition) is 3. The van der Waals surface area contributed by atoms with Gasteiger partial charge in [-0.2, -0.15) is 12.6 Å². The molecule has 2 aliphatic rings. The summed E-state index contributed by atoms with van der Waals surface area (Å²) in [7, 11) is 0. The quantitative estimate of drug-likeness (QED) is 0.582. The van der Waals surface area contributed by atoms with Crippen molar-refractivity contribution in [2.24, 2.45) is 17.6 Å². The molecule has 0 radical (unpaired) electrons. The average Bonchev–Trinajstić information content (AvgIpc) is 2.23. The Morgan fingerprint density at radius 3 is 2.57 bits per heavy atom. The van der Waals surface area contributed by atoms with Gasteiger partial charge in [0, 0.05) is 11.8 Å². The number of nitrogens with two attached hydrogens (primary N) is 1. The minimum Gasteiger partial charge on any atom is -0.316 e. The number of hydrogen-bond donors (Lipinski definition) is 3. The highest BCUT2D eigenvalue weighted by Crippen LogP contribution is 2.35. The first kappa shape index (κ1) is 10.8. The summed E-state index contributed by atoms with van der Waals surface area (Å²) >= 11 is 4.56. The summed E-state index contributed by atoms with van der Waals surface area (Å²) in [5.41, 5.74) is 6.13. The lowest BCUT2D eigenvalue weighted by molar-refractivity contribution is 0.164. The summed E-state index contributed by atoms with van der Waals surface area (Å²) in [5.74, 6) is 1.53. The Bertz CT molecular complexity index is 180. The molecular formula is C11H22N2S. The van der Waals surface area contributed by atoms with Gasteiger partial charge in [0.15, 0.2) is 0 Å². The van der Waals surface area contributed by atoms with Crippen molar-refractivity contribution in [3.8, 4) is 0 Å². The molecule has 1 heterocycles. The third kappa shape index (κ3) is 2.44. The molecule has 2 fully saturated rings. The lowest BCUT2D eigenvalue weighted by Gasteiger charge is -2.39. The topological polar surface area (TPSA) is 38.0 Å². The highest BCUT2D eigenvalue weighted by Gasteiger charge is 2.32. The highest BCUT2D eigenvalue weighted by molar-refractivity contribution is 7.81. The normalized spacial score (nSPS) is 41.1. The van der Waals surface area contributed by atoms with Gasteiger partial charge in [-0.1, -0.05) is 32.1 Å². The maximum atomic E-state index is 6.13. The molecule has 3 atom stereocenters. The average molecular weight is 214 g/mol. The van der Waals surface area contributed by atoms with Gasteiger partial charge < -0.3 is 11.1 Å². The zero-order valence-electron chi connectivity index (χ0n) is 8.78. The molecule has 1 saturated carbocycles. The van der Waals surface area contributed by atoms with Crippen LogP contribution in [0.15, 0.2) is 0 Å². The second kappa shape index (κ2) is 4.86. The largest absolute Gasteiger partial charge is 0.316 e. The third-order valence-electron chi connectivity index (χ3n) is 3.85. The Morgan fingerprint density at radius 1 is 1.14 bits per heavy atom. The number of rotatable bonds is 1. The van der Waals surface area contributed by atoms with Crippen LogP contribution in [0.25, 0.3) is 0 Å². The van der Waals surface area contributed by atoms with Crippen LogP contribution in [-0.4, -0.2) is 18.0 Å². The lowest BCUT2D eigenvalue weighted by atomic mass is 9.75. The molecule has 14 heavy (non-hydrogen) atoms. The second-order valence-electron chi connectivity index (χ2n) is 4.89. The monoisotopic (exact) mass is 214 g/mol. The molecule has 3 heteroatoms. The van der Waals surface area contributed by atoms with Crippen molar-refractivity contribution in [1.29, 1.82) is 0 Å². The van der Waals surface area contributed by atoms with E-state index in [2.05, 4.69) is 17.9 Å². The standard InChI is InChI=1S/C11H22N2S/c12-11-10(6-9(14)7-13-11)8-4-2-1-3-5-8/h8-11,13-14H,1-7,12H2. The van der Waals surface area contributed by atoms with Crippen molar-refractivity contribution in [1.82, 2.24) is 5.32 Å². The summed E-state index contributed by atoms with van der Waals surface area (Å²) in [4.78, 5) is 0. The second-order valence-corrected chi connectivity index (χ2v) is 5.62. The molecule has 82 valence electrons. The molecule has 1 aliphatic heterocycles. The Balaban J connectivity index is 1.92. The summed E-state index contributed by atoms with van der Waals surface area (Å²) in [6, 6.07) is 0. The van der Waals surface area contributed by atoms with Gasteiger partial charge in [-0.25, -0.2) is 0 Å². The van der Waals surface area contributed by atoms with Crippen LogP contribution >= 0.6 is 12.6 Å². The van der Waals surface area contributed by atoms with Crippen LogP contribution in [0, 0.1) is 11.8 Å². The van der Waals surface area contributed by atoms with E-state index in [1.165, 1.54) is 38.5 Å². The van der Waals surface area contributed by atoms with Crippen LogP contribution in [-0.2, 0) is 0 Å². The van der Waals surface area contributed by atoms with Crippen molar-refractivity contribution in [2.45, 2.75) is 49.9 Å². The lowest BCUT2D eigenvalue weighted by Crippen LogP contribution is -2.53. The zero-order valence-corrected chi connectivity index (χ0v) is 9.68. The van der Waals surface area contributed by atoms with Crippen LogP contribution < -0.4 is 11.1 Å². The molecular weight excluding hydrogens is 192 g/mol. The fraction of sp³-hybridized carbons (Fsp3) is 1.00. The van der Waals surface area contributed by atoms with Gasteiger partial charge in [-0.3, -0.25) is 0 Å². The van der Waals surface area contributed by atoms with Crippen molar-refractivity contribution in [3.63, 3.8) is 0 Å². The predicted octanol–water partition coefficient (Wildman–Crippen LogP) is 1.76. The fourth-order valence-corrected chi connectivity index (χ4v) is 3.36. The van der Waals surface area contributed by atoms with Crippen LogP contribution in [0.2, 0.25) is 0 Å². The number of thiol groups is 1. The fourth-order valence-electron chi connectivity index (χ4n) is 3.02. The summed E-state index contributed by atoms with van der Waals surface area (Å²) in [6.45, 7) is 0.980. The number of nitrogens with one attached hydrogen (secondary N) is 1. The zero-order chi connectivity index (χ0) is 9.97. The van der Waals surface area contributed by atoms with E-state index in [4.69, 9.17) is 5.73 Å². The van der Waals surface area contributed by atoms with Gasteiger partial charge in [0.2, 0.25) is 0 Å². The Labute approximate surface area is 92.4 Å². The molecule has 1 saturated heterocycles. The minimum absolute atomic E-state index is 0.224. The van der Waals surface area contributed by atoms with E-state index in [1.54, 1.807) is 0 Å².